The van der Waals surface area contributed by atoms with Crippen LogP contribution in [0.5, 0.6) is 0 Å². The molecular weight excluding hydrogens is 310 g/mol. The van der Waals surface area contributed by atoms with Crippen molar-refractivity contribution in [3.05, 3.63) is 45.0 Å². The highest BCUT2D eigenvalue weighted by Gasteiger charge is 2.17. The van der Waals surface area contributed by atoms with Crippen LogP contribution in [0.3, 0.4) is 0 Å². The minimum atomic E-state index is -0.474. The van der Waals surface area contributed by atoms with Crippen molar-refractivity contribution in [2.45, 2.75) is 33.4 Å². The molecule has 0 unspecified atom stereocenters. The number of anilines is 1. The van der Waals surface area contributed by atoms with E-state index in [1.54, 1.807) is 13.3 Å². The van der Waals surface area contributed by atoms with Crippen LogP contribution in [0, 0.1) is 5.92 Å². The van der Waals surface area contributed by atoms with E-state index < -0.39 is 11.2 Å². The highest BCUT2D eigenvalue weighted by molar-refractivity contribution is 5.74. The van der Waals surface area contributed by atoms with Gasteiger partial charge in [0.25, 0.3) is 5.56 Å². The molecule has 24 heavy (non-hydrogen) atoms. The van der Waals surface area contributed by atoms with Crippen molar-refractivity contribution >= 4 is 17.1 Å². The first-order valence-electron chi connectivity index (χ1n) is 7.93. The van der Waals surface area contributed by atoms with Crippen LogP contribution in [0.2, 0.25) is 0 Å². The number of nitrogens with zero attached hydrogens (tertiary/aromatic N) is 3. The molecule has 0 spiro atoms. The number of aromatic nitrogens is 4. The van der Waals surface area contributed by atoms with E-state index in [9.17, 15) is 9.59 Å². The number of hydrogen-bond acceptors (Lipinski definition) is 5. The number of hydrogen-bond donors (Lipinski definition) is 2. The third kappa shape index (κ3) is 2.99. The Hall–Kier alpha value is -2.77. The van der Waals surface area contributed by atoms with Crippen LogP contribution in [-0.2, 0) is 20.1 Å². The van der Waals surface area contributed by atoms with Gasteiger partial charge in [0, 0.05) is 13.6 Å². The minimum absolute atomic E-state index is 0.370. The fraction of sp³-hybridized carbons (Fsp3) is 0.438. The van der Waals surface area contributed by atoms with Crippen LogP contribution in [-0.4, -0.2) is 19.1 Å². The molecule has 0 radical (unpaired) electrons. The van der Waals surface area contributed by atoms with E-state index in [4.69, 9.17) is 4.42 Å². The Kier molecular flexibility index (Phi) is 4.28. The molecule has 3 rings (SSSR count). The van der Waals surface area contributed by atoms with Gasteiger partial charge in [-0.05, 0) is 24.5 Å². The summed E-state index contributed by atoms with van der Waals surface area (Å²) >= 11 is 0. The van der Waals surface area contributed by atoms with Gasteiger partial charge in [0.15, 0.2) is 11.2 Å². The monoisotopic (exact) mass is 331 g/mol. The van der Waals surface area contributed by atoms with Crippen LogP contribution in [0.15, 0.2) is 32.4 Å². The first-order chi connectivity index (χ1) is 11.5. The summed E-state index contributed by atoms with van der Waals surface area (Å²) in [5, 5.41) is 3.19. The maximum atomic E-state index is 12.3. The highest BCUT2D eigenvalue weighted by atomic mass is 16.3. The van der Waals surface area contributed by atoms with E-state index in [0.717, 1.165) is 12.2 Å². The number of aryl methyl sites for hydroxylation is 2. The van der Waals surface area contributed by atoms with E-state index in [1.807, 2.05) is 16.7 Å². The number of rotatable bonds is 6. The van der Waals surface area contributed by atoms with Crippen molar-refractivity contribution in [3.8, 4) is 0 Å². The zero-order chi connectivity index (χ0) is 17.3. The third-order valence-electron chi connectivity index (χ3n) is 3.94. The molecule has 0 aliphatic rings. The smallest absolute Gasteiger partial charge is 0.329 e. The zero-order valence-corrected chi connectivity index (χ0v) is 14.0. The summed E-state index contributed by atoms with van der Waals surface area (Å²) in [6.45, 7) is 5.32. The molecule has 3 heterocycles. The number of nitrogens with one attached hydrogen (secondary N) is 2. The molecule has 8 heteroatoms. The van der Waals surface area contributed by atoms with Crippen LogP contribution in [0.4, 0.5) is 5.95 Å². The molecule has 3 aromatic rings. The molecule has 0 aromatic carbocycles. The molecular formula is C16H21N5O3. The topological polar surface area (TPSA) is 97.8 Å². The molecule has 0 amide bonds. The fourth-order valence-electron chi connectivity index (χ4n) is 2.55. The van der Waals surface area contributed by atoms with Gasteiger partial charge in [-0.25, -0.2) is 4.79 Å². The number of aromatic amines is 1. The van der Waals surface area contributed by atoms with Gasteiger partial charge < -0.3 is 14.3 Å². The minimum Gasteiger partial charge on any atom is -0.467 e. The lowest BCUT2D eigenvalue weighted by Gasteiger charge is -2.11. The van der Waals surface area contributed by atoms with Gasteiger partial charge in [0.05, 0.1) is 12.8 Å². The fourth-order valence-corrected chi connectivity index (χ4v) is 2.55. The standard InChI is InChI=1S/C16H21N5O3/c1-10(2)6-7-21-12-13(20(3)16(23)19-14(12)22)18-15(21)17-9-11-5-4-8-24-11/h4-5,8,10H,6-7,9H2,1-3H3,(H,17,18)(H,19,22,23). The molecule has 128 valence electrons. The Morgan fingerprint density at radius 2 is 2.17 bits per heavy atom. The second-order valence-electron chi connectivity index (χ2n) is 6.19. The van der Waals surface area contributed by atoms with Crippen molar-refractivity contribution in [1.82, 2.24) is 19.1 Å². The summed E-state index contributed by atoms with van der Waals surface area (Å²) in [5.74, 6) is 1.79. The van der Waals surface area contributed by atoms with Gasteiger partial charge in [-0.15, -0.1) is 0 Å². The molecule has 0 saturated carbocycles. The van der Waals surface area contributed by atoms with Crippen LogP contribution in [0.1, 0.15) is 26.0 Å². The summed E-state index contributed by atoms with van der Waals surface area (Å²) in [6, 6.07) is 3.67. The van der Waals surface area contributed by atoms with Crippen molar-refractivity contribution in [2.24, 2.45) is 13.0 Å². The summed E-state index contributed by atoms with van der Waals surface area (Å²) in [5.41, 5.74) is -0.122. The van der Waals surface area contributed by atoms with E-state index in [1.165, 1.54) is 4.57 Å². The van der Waals surface area contributed by atoms with Crippen LogP contribution in [0.25, 0.3) is 11.2 Å². The molecule has 0 saturated heterocycles. The first-order valence-corrected chi connectivity index (χ1v) is 7.93. The van der Waals surface area contributed by atoms with Gasteiger partial charge in [0.2, 0.25) is 5.95 Å². The first kappa shape index (κ1) is 16.1. The second kappa shape index (κ2) is 6.38. The van der Waals surface area contributed by atoms with Crippen molar-refractivity contribution < 1.29 is 4.42 Å². The Bertz CT molecular complexity index is 947. The Balaban J connectivity index is 2.06. The average molecular weight is 331 g/mol. The lowest BCUT2D eigenvalue weighted by molar-refractivity contribution is 0.511. The Morgan fingerprint density at radius 3 is 2.83 bits per heavy atom. The van der Waals surface area contributed by atoms with Gasteiger partial charge in [-0.3, -0.25) is 14.3 Å². The normalized spacial score (nSPS) is 11.5. The lowest BCUT2D eigenvalue weighted by Crippen LogP contribution is -2.29. The maximum Gasteiger partial charge on any atom is 0.329 e. The Labute approximate surface area is 138 Å². The summed E-state index contributed by atoms with van der Waals surface area (Å²) < 4.78 is 8.49. The molecule has 0 bridgehead atoms. The van der Waals surface area contributed by atoms with Crippen molar-refractivity contribution in [2.75, 3.05) is 5.32 Å². The molecule has 0 fully saturated rings. The SMILES string of the molecule is CC(C)CCn1c(NCc2ccco2)nc2c1c(=O)[nH]c(=O)n2C. The van der Waals surface area contributed by atoms with Gasteiger partial charge in [-0.2, -0.15) is 4.98 Å². The summed E-state index contributed by atoms with van der Waals surface area (Å²) in [7, 11) is 1.59. The largest absolute Gasteiger partial charge is 0.467 e. The Morgan fingerprint density at radius 1 is 1.38 bits per heavy atom. The number of fused-ring (bicyclic) bond motifs is 1. The third-order valence-corrected chi connectivity index (χ3v) is 3.94. The number of furan rings is 1. The van der Waals surface area contributed by atoms with Gasteiger partial charge >= 0.3 is 5.69 Å². The van der Waals surface area contributed by atoms with E-state index in [2.05, 4.69) is 29.1 Å². The molecule has 8 nitrogen and oxygen atoms in total. The predicted molar refractivity (Wildman–Crippen MR) is 91.1 cm³/mol. The summed E-state index contributed by atoms with van der Waals surface area (Å²) in [6.07, 6.45) is 2.50. The quantitative estimate of drug-likeness (QED) is 0.716. The highest BCUT2D eigenvalue weighted by Crippen LogP contribution is 2.18. The number of H-pyrrole nitrogens is 1. The molecule has 0 atom stereocenters. The molecule has 0 aliphatic heterocycles. The van der Waals surface area contributed by atoms with Crippen molar-refractivity contribution in [3.63, 3.8) is 0 Å². The van der Waals surface area contributed by atoms with Crippen LogP contribution < -0.4 is 16.6 Å². The van der Waals surface area contributed by atoms with E-state index in [0.29, 0.717) is 36.1 Å². The van der Waals surface area contributed by atoms with Gasteiger partial charge in [0.1, 0.15) is 5.76 Å². The van der Waals surface area contributed by atoms with Crippen molar-refractivity contribution in [1.29, 1.82) is 0 Å². The predicted octanol–water partition coefficient (Wildman–Crippen LogP) is 1.67. The molecule has 2 N–H and O–H groups in total. The lowest BCUT2D eigenvalue weighted by atomic mass is 10.1. The summed E-state index contributed by atoms with van der Waals surface area (Å²) in [4.78, 5) is 30.9. The van der Waals surface area contributed by atoms with Gasteiger partial charge in [-0.1, -0.05) is 13.8 Å². The van der Waals surface area contributed by atoms with E-state index in [-0.39, 0.29) is 0 Å². The zero-order valence-electron chi connectivity index (χ0n) is 14.0. The van der Waals surface area contributed by atoms with Crippen LogP contribution >= 0.6 is 0 Å². The molecule has 0 aliphatic carbocycles. The second-order valence-corrected chi connectivity index (χ2v) is 6.19. The molecule has 3 aromatic heterocycles. The van der Waals surface area contributed by atoms with E-state index >= 15 is 0 Å². The number of imidazole rings is 1. The average Bonchev–Trinajstić information content (AvgIpc) is 3.16. The maximum absolute atomic E-state index is 12.3.